The Morgan fingerprint density at radius 2 is 1.78 bits per heavy atom. The minimum absolute atomic E-state index is 0.0278. The van der Waals surface area contributed by atoms with Crippen molar-refractivity contribution in [2.45, 2.75) is 57.8 Å². The van der Waals surface area contributed by atoms with E-state index in [0.717, 1.165) is 12.1 Å². The number of hydrogen-bond donors (Lipinski definition) is 2. The molecule has 2 saturated heterocycles. The number of nitrogens with zero attached hydrogens (tertiary/aromatic N) is 5. The molecule has 0 amide bonds. The Morgan fingerprint density at radius 3 is 2.45 bits per heavy atom. The first-order valence-electron chi connectivity index (χ1n) is 16.2. The van der Waals surface area contributed by atoms with Crippen LogP contribution in [-0.2, 0) is 9.53 Å². The Hall–Kier alpha value is -5.06. The van der Waals surface area contributed by atoms with Gasteiger partial charge in [-0.3, -0.25) is 4.79 Å². The van der Waals surface area contributed by atoms with Gasteiger partial charge in [-0.2, -0.15) is 28.2 Å². The first-order chi connectivity index (χ1) is 24.1. The molecule has 2 aromatic heterocycles. The van der Waals surface area contributed by atoms with Gasteiger partial charge in [0, 0.05) is 37.5 Å². The molecule has 272 valence electrons. The maximum absolute atomic E-state index is 14.9. The molecule has 0 radical (unpaired) electrons. The fourth-order valence-electron chi connectivity index (χ4n) is 6.56. The average Bonchev–Trinajstić information content (AvgIpc) is 3.69. The topological polar surface area (TPSA) is 130 Å². The number of nitrogens with one attached hydrogen (secondary N) is 1. The van der Waals surface area contributed by atoms with Crippen LogP contribution in [-0.4, -0.2) is 70.5 Å². The van der Waals surface area contributed by atoms with Crippen LogP contribution in [0.5, 0.6) is 11.6 Å². The molecule has 2 aliphatic heterocycles. The van der Waals surface area contributed by atoms with Gasteiger partial charge in [-0.15, -0.1) is 13.2 Å². The molecule has 0 bridgehead atoms. The Bertz CT molecular complexity index is 1870. The fraction of sp³-hybridized carbons (Fsp3) is 0.412. The molecule has 0 aliphatic carbocycles. The van der Waals surface area contributed by atoms with Gasteiger partial charge in [0.15, 0.2) is 0 Å². The highest BCUT2D eigenvalue weighted by atomic mass is 19.4. The van der Waals surface area contributed by atoms with Gasteiger partial charge in [0.25, 0.3) is 0 Å². The summed E-state index contributed by atoms with van der Waals surface area (Å²) in [6.07, 6.45) is -8.95. The van der Waals surface area contributed by atoms with Gasteiger partial charge in [0.05, 0.1) is 18.0 Å². The second-order valence-electron chi connectivity index (χ2n) is 12.6. The summed E-state index contributed by atoms with van der Waals surface area (Å²) in [6, 6.07) is 11.5. The summed E-state index contributed by atoms with van der Waals surface area (Å²) in [4.78, 5) is 22.4. The number of nitrogen functional groups attached to an aromatic ring is 1. The second-order valence-corrected chi connectivity index (χ2v) is 12.6. The van der Waals surface area contributed by atoms with Crippen LogP contribution >= 0.6 is 0 Å². The van der Waals surface area contributed by atoms with Crippen LogP contribution in [0.25, 0.3) is 16.8 Å². The van der Waals surface area contributed by atoms with E-state index in [2.05, 4.69) is 25.1 Å². The standard InChI is InChI=1S/C34H35F6N7O4/c1-3-49-30(48)25-18-32(19-42-25)10-13-46(14-11-32)27-17-28(44-31(41)43-27)50-29(33(35,36)37)24-8-7-22(16-26(24)47-12-9-20(2)45-47)21-5-4-6-23(15-21)51-34(38,39)40/h4-9,12,15-17,25,29,42H,3,10-11,13-14,18-19H2,1-2H3,(H2,41,43,44)/t25-,29+/m0/s1. The number of alkyl halides is 6. The smallest absolute Gasteiger partial charge is 0.465 e. The second kappa shape index (κ2) is 13.9. The SMILES string of the molecule is CCOC(=O)[C@@H]1CC2(CCN(c3cc(O[C@H](c4ccc(-c5cccc(OC(F)(F)F)c5)cc4-n4ccc(C)n4)C(F)(F)F)nc(N)n3)CC2)CN1. The molecule has 4 aromatic rings. The molecular weight excluding hydrogens is 684 g/mol. The highest BCUT2D eigenvalue weighted by Gasteiger charge is 2.46. The molecule has 2 fully saturated rings. The predicted octanol–water partition coefficient (Wildman–Crippen LogP) is 6.31. The van der Waals surface area contributed by atoms with Crippen molar-refractivity contribution < 1.29 is 45.3 Å². The van der Waals surface area contributed by atoms with Crippen LogP contribution in [0.3, 0.4) is 0 Å². The maximum Gasteiger partial charge on any atom is 0.573 e. The summed E-state index contributed by atoms with van der Waals surface area (Å²) >= 11 is 0. The third-order valence-electron chi connectivity index (χ3n) is 9.01. The number of halogens is 6. The molecule has 4 heterocycles. The van der Waals surface area contributed by atoms with E-state index in [1.165, 1.54) is 47.3 Å². The van der Waals surface area contributed by atoms with E-state index in [1.54, 1.807) is 19.9 Å². The van der Waals surface area contributed by atoms with Crippen LogP contribution in [0.15, 0.2) is 60.8 Å². The van der Waals surface area contributed by atoms with Gasteiger partial charge in [-0.1, -0.05) is 24.3 Å². The van der Waals surface area contributed by atoms with Crippen LogP contribution in [0, 0.1) is 12.3 Å². The van der Waals surface area contributed by atoms with Crippen molar-refractivity contribution in [3.05, 3.63) is 72.1 Å². The number of aromatic nitrogens is 4. The minimum Gasteiger partial charge on any atom is -0.465 e. The van der Waals surface area contributed by atoms with Crippen LogP contribution in [0.2, 0.25) is 0 Å². The largest absolute Gasteiger partial charge is 0.573 e. The quantitative estimate of drug-likeness (QED) is 0.150. The fourth-order valence-corrected chi connectivity index (χ4v) is 6.56. The number of piperidine rings is 1. The number of aryl methyl sites for hydroxylation is 1. The molecule has 2 aliphatic rings. The molecular formula is C34H35F6N7O4. The third-order valence-corrected chi connectivity index (χ3v) is 9.01. The predicted molar refractivity (Wildman–Crippen MR) is 173 cm³/mol. The van der Waals surface area contributed by atoms with Crippen molar-refractivity contribution in [3.63, 3.8) is 0 Å². The summed E-state index contributed by atoms with van der Waals surface area (Å²) in [5, 5.41) is 7.54. The Morgan fingerprint density at radius 1 is 1.04 bits per heavy atom. The highest BCUT2D eigenvalue weighted by Crippen LogP contribution is 2.43. The summed E-state index contributed by atoms with van der Waals surface area (Å²) in [5.74, 6) is -1.17. The number of nitrogens with two attached hydrogens (primary N) is 1. The van der Waals surface area contributed by atoms with Gasteiger partial charge < -0.3 is 30.2 Å². The van der Waals surface area contributed by atoms with Gasteiger partial charge in [0.2, 0.25) is 17.9 Å². The van der Waals surface area contributed by atoms with E-state index in [0.29, 0.717) is 62.6 Å². The molecule has 6 rings (SSSR count). The molecule has 1 spiro atoms. The maximum atomic E-state index is 14.9. The summed E-state index contributed by atoms with van der Waals surface area (Å²) in [6.45, 7) is 5.36. The van der Waals surface area contributed by atoms with Crippen molar-refractivity contribution in [1.82, 2.24) is 25.1 Å². The van der Waals surface area contributed by atoms with Crippen molar-refractivity contribution in [2.24, 2.45) is 5.41 Å². The zero-order valence-corrected chi connectivity index (χ0v) is 27.6. The number of carbonyl (C=O) groups is 1. The number of benzene rings is 2. The molecule has 3 N–H and O–H groups in total. The number of esters is 1. The highest BCUT2D eigenvalue weighted by molar-refractivity contribution is 5.76. The van der Waals surface area contributed by atoms with Gasteiger partial charge >= 0.3 is 18.5 Å². The van der Waals surface area contributed by atoms with Crippen molar-refractivity contribution >= 4 is 17.7 Å². The molecule has 2 aromatic carbocycles. The van der Waals surface area contributed by atoms with Crippen molar-refractivity contribution in [3.8, 4) is 28.4 Å². The molecule has 17 heteroatoms. The van der Waals surface area contributed by atoms with Crippen molar-refractivity contribution in [2.75, 3.05) is 36.9 Å². The Balaban J connectivity index is 1.28. The normalized spacial score (nSPS) is 18.1. The summed E-state index contributed by atoms with van der Waals surface area (Å²) in [7, 11) is 0. The van der Waals surface area contributed by atoms with E-state index >= 15 is 0 Å². The van der Waals surface area contributed by atoms with Crippen molar-refractivity contribution in [1.29, 1.82) is 0 Å². The summed E-state index contributed by atoms with van der Waals surface area (Å²) < 4.78 is 99.3. The number of rotatable bonds is 9. The van der Waals surface area contributed by atoms with E-state index in [1.807, 2.05) is 4.90 Å². The lowest BCUT2D eigenvalue weighted by atomic mass is 9.76. The summed E-state index contributed by atoms with van der Waals surface area (Å²) in [5.41, 5.74) is 6.56. The monoisotopic (exact) mass is 719 g/mol. The molecule has 11 nitrogen and oxygen atoms in total. The van der Waals surface area contributed by atoms with Gasteiger partial charge in [-0.05, 0) is 73.9 Å². The average molecular weight is 720 g/mol. The first-order valence-corrected chi connectivity index (χ1v) is 16.2. The van der Waals surface area contributed by atoms with E-state index < -0.39 is 30.3 Å². The molecule has 51 heavy (non-hydrogen) atoms. The number of ether oxygens (including phenoxy) is 3. The Kier molecular flexibility index (Phi) is 9.76. The first kappa shape index (κ1) is 35.8. The van der Waals surface area contributed by atoms with Crippen LogP contribution in [0.4, 0.5) is 38.1 Å². The minimum atomic E-state index is -4.96. The van der Waals surface area contributed by atoms with Crippen LogP contribution in [0.1, 0.15) is 43.5 Å². The van der Waals surface area contributed by atoms with Crippen LogP contribution < -0.4 is 25.4 Å². The molecule has 0 saturated carbocycles. The molecule has 0 unspecified atom stereocenters. The zero-order chi connectivity index (χ0) is 36.6. The van der Waals surface area contributed by atoms with E-state index in [-0.39, 0.29) is 40.2 Å². The lowest BCUT2D eigenvalue weighted by Crippen LogP contribution is -2.41. The Labute approximate surface area is 288 Å². The van der Waals surface area contributed by atoms with Gasteiger partial charge in [0.1, 0.15) is 17.6 Å². The number of anilines is 2. The third kappa shape index (κ3) is 8.30. The zero-order valence-electron chi connectivity index (χ0n) is 27.6. The lowest BCUT2D eigenvalue weighted by Gasteiger charge is -2.39. The van der Waals surface area contributed by atoms with Gasteiger partial charge in [-0.25, -0.2) is 4.68 Å². The molecule has 2 atom stereocenters. The lowest BCUT2D eigenvalue weighted by molar-refractivity contribution is -0.274. The van der Waals surface area contributed by atoms with E-state index in [9.17, 15) is 31.1 Å². The van der Waals surface area contributed by atoms with E-state index in [4.69, 9.17) is 15.2 Å². The number of carbonyl (C=O) groups excluding carboxylic acids is 1. The number of hydrogen-bond acceptors (Lipinski definition) is 10.